The topological polar surface area (TPSA) is 85.8 Å². The van der Waals surface area contributed by atoms with Gasteiger partial charge in [0.25, 0.3) is 5.78 Å². The smallest absolute Gasteiger partial charge is 0.254 e. The Morgan fingerprint density at radius 1 is 0.862 bits per heavy atom. The number of rotatable bonds is 6. The van der Waals surface area contributed by atoms with E-state index in [1.54, 1.807) is 21.9 Å². The molecule has 3 aromatic heterocycles. The Labute approximate surface area is 166 Å². The molecule has 0 fully saturated rings. The largest absolute Gasteiger partial charge is 0.366 e. The molecule has 0 saturated heterocycles. The lowest BCUT2D eigenvalue weighted by Gasteiger charge is -2.11. The van der Waals surface area contributed by atoms with Crippen molar-refractivity contribution in [1.82, 2.24) is 34.3 Å². The Bertz CT molecular complexity index is 1210. The lowest BCUT2D eigenvalue weighted by molar-refractivity contribution is 0.684. The zero-order valence-electron chi connectivity index (χ0n) is 15.6. The molecule has 8 nitrogen and oxygen atoms in total. The molecule has 142 valence electrons. The first-order valence-corrected chi connectivity index (χ1v) is 9.25. The molecule has 0 saturated carbocycles. The number of aromatic nitrogens is 7. The number of hydrogen-bond acceptors (Lipinski definition) is 6. The summed E-state index contributed by atoms with van der Waals surface area (Å²) < 4.78 is 3.52. The van der Waals surface area contributed by atoms with E-state index in [0.29, 0.717) is 18.9 Å². The highest BCUT2D eigenvalue weighted by atomic mass is 15.4. The minimum absolute atomic E-state index is 0.567. The normalized spacial score (nSPS) is 11.0. The number of nitrogens with zero attached hydrogens (tertiary/aromatic N) is 7. The van der Waals surface area contributed by atoms with Crippen LogP contribution in [0.15, 0.2) is 79.6 Å². The number of anilines is 1. The van der Waals surface area contributed by atoms with Crippen molar-refractivity contribution in [3.05, 3.63) is 90.8 Å². The quantitative estimate of drug-likeness (QED) is 0.486. The maximum Gasteiger partial charge on any atom is 0.254 e. The summed E-state index contributed by atoms with van der Waals surface area (Å²) in [5, 5.41) is 11.9. The standard InChI is InChI=1S/C21H18N8/c1-2-4-18(5-3-1)19-10-20(29-21(27-19)24-14-26-29)23-11-16-6-8-17(9-7-16)12-28-15-22-13-25-28/h1-10,13-15,23H,11-12H2. The van der Waals surface area contributed by atoms with Gasteiger partial charge in [0.05, 0.1) is 12.2 Å². The van der Waals surface area contributed by atoms with Gasteiger partial charge in [-0.05, 0) is 11.1 Å². The summed E-state index contributed by atoms with van der Waals surface area (Å²) in [4.78, 5) is 12.8. The Hall–Kier alpha value is -4.07. The fourth-order valence-electron chi connectivity index (χ4n) is 3.15. The van der Waals surface area contributed by atoms with Crippen LogP contribution in [0.2, 0.25) is 0 Å². The van der Waals surface area contributed by atoms with E-state index < -0.39 is 0 Å². The predicted molar refractivity (Wildman–Crippen MR) is 109 cm³/mol. The van der Waals surface area contributed by atoms with E-state index in [1.165, 1.54) is 17.5 Å². The van der Waals surface area contributed by atoms with Crippen molar-refractivity contribution < 1.29 is 0 Å². The maximum atomic E-state index is 4.60. The molecule has 0 amide bonds. The molecule has 0 aliphatic rings. The van der Waals surface area contributed by atoms with Gasteiger partial charge in [0.2, 0.25) is 0 Å². The number of benzene rings is 2. The Kier molecular flexibility index (Phi) is 4.42. The van der Waals surface area contributed by atoms with E-state index in [9.17, 15) is 0 Å². The third-order valence-corrected chi connectivity index (χ3v) is 4.63. The average Bonchev–Trinajstić information content (AvgIpc) is 3.45. The molecule has 0 atom stereocenters. The molecule has 0 aliphatic carbocycles. The van der Waals surface area contributed by atoms with Gasteiger partial charge in [0, 0.05) is 18.2 Å². The first-order chi connectivity index (χ1) is 14.3. The molecular formula is C21H18N8. The molecule has 2 aromatic carbocycles. The highest BCUT2D eigenvalue weighted by Crippen LogP contribution is 2.21. The average molecular weight is 382 g/mol. The molecule has 0 bridgehead atoms. The molecule has 0 aliphatic heterocycles. The SMILES string of the molecule is c1ccc(-c2cc(NCc3ccc(Cn4cncn4)cc3)n3ncnc3n2)cc1. The van der Waals surface area contributed by atoms with Gasteiger partial charge in [-0.25, -0.2) is 14.6 Å². The highest BCUT2D eigenvalue weighted by molar-refractivity contribution is 5.65. The van der Waals surface area contributed by atoms with Gasteiger partial charge in [0.15, 0.2) is 0 Å². The lowest BCUT2D eigenvalue weighted by atomic mass is 10.1. The number of fused-ring (bicyclic) bond motifs is 1. The third kappa shape index (κ3) is 3.68. The van der Waals surface area contributed by atoms with Crippen LogP contribution >= 0.6 is 0 Å². The van der Waals surface area contributed by atoms with Crippen LogP contribution in [0.5, 0.6) is 0 Å². The predicted octanol–water partition coefficient (Wildman–Crippen LogP) is 3.04. The fraction of sp³-hybridized carbons (Fsp3) is 0.0952. The lowest BCUT2D eigenvalue weighted by Crippen LogP contribution is -2.07. The van der Waals surface area contributed by atoms with E-state index in [-0.39, 0.29) is 0 Å². The Morgan fingerprint density at radius 3 is 2.48 bits per heavy atom. The molecule has 0 radical (unpaired) electrons. The van der Waals surface area contributed by atoms with Gasteiger partial charge in [-0.3, -0.25) is 0 Å². The summed E-state index contributed by atoms with van der Waals surface area (Å²) in [6.07, 6.45) is 4.77. The van der Waals surface area contributed by atoms with Gasteiger partial charge in [-0.15, -0.1) is 0 Å². The van der Waals surface area contributed by atoms with Crippen LogP contribution in [-0.4, -0.2) is 34.3 Å². The van der Waals surface area contributed by atoms with Gasteiger partial charge in [0.1, 0.15) is 24.8 Å². The first-order valence-electron chi connectivity index (χ1n) is 9.25. The van der Waals surface area contributed by atoms with Crippen molar-refractivity contribution >= 4 is 11.6 Å². The molecule has 8 heteroatoms. The van der Waals surface area contributed by atoms with Gasteiger partial charge in [-0.1, -0.05) is 54.6 Å². The molecule has 5 aromatic rings. The van der Waals surface area contributed by atoms with E-state index in [0.717, 1.165) is 17.1 Å². The molecule has 3 heterocycles. The van der Waals surface area contributed by atoms with E-state index in [1.807, 2.05) is 36.4 Å². The maximum absolute atomic E-state index is 4.60. The summed E-state index contributed by atoms with van der Waals surface area (Å²) in [6, 6.07) is 20.5. The van der Waals surface area contributed by atoms with Crippen molar-refractivity contribution in [2.24, 2.45) is 0 Å². The summed E-state index contributed by atoms with van der Waals surface area (Å²) in [6.45, 7) is 1.37. The van der Waals surface area contributed by atoms with Crippen LogP contribution in [0.4, 0.5) is 5.82 Å². The van der Waals surface area contributed by atoms with Crippen molar-refractivity contribution in [3.63, 3.8) is 0 Å². The van der Waals surface area contributed by atoms with Crippen molar-refractivity contribution in [2.75, 3.05) is 5.32 Å². The van der Waals surface area contributed by atoms with Crippen LogP contribution in [0.1, 0.15) is 11.1 Å². The Balaban J connectivity index is 1.35. The van der Waals surface area contributed by atoms with Crippen molar-refractivity contribution in [3.8, 4) is 11.3 Å². The highest BCUT2D eigenvalue weighted by Gasteiger charge is 2.09. The van der Waals surface area contributed by atoms with Crippen LogP contribution in [-0.2, 0) is 13.1 Å². The zero-order valence-corrected chi connectivity index (χ0v) is 15.6. The molecule has 1 N–H and O–H groups in total. The van der Waals surface area contributed by atoms with Crippen LogP contribution in [0, 0.1) is 0 Å². The third-order valence-electron chi connectivity index (χ3n) is 4.63. The van der Waals surface area contributed by atoms with Crippen molar-refractivity contribution in [1.29, 1.82) is 0 Å². The van der Waals surface area contributed by atoms with Gasteiger partial charge < -0.3 is 5.32 Å². The molecule has 0 unspecified atom stereocenters. The fourth-order valence-corrected chi connectivity index (χ4v) is 3.15. The van der Waals surface area contributed by atoms with E-state index in [4.69, 9.17) is 0 Å². The summed E-state index contributed by atoms with van der Waals surface area (Å²) >= 11 is 0. The van der Waals surface area contributed by atoms with Gasteiger partial charge in [-0.2, -0.15) is 19.7 Å². The second-order valence-corrected chi connectivity index (χ2v) is 6.63. The van der Waals surface area contributed by atoms with E-state index >= 15 is 0 Å². The molecule has 29 heavy (non-hydrogen) atoms. The first kappa shape index (κ1) is 17.1. The van der Waals surface area contributed by atoms with Crippen LogP contribution < -0.4 is 5.32 Å². The minimum Gasteiger partial charge on any atom is -0.366 e. The second-order valence-electron chi connectivity index (χ2n) is 6.63. The van der Waals surface area contributed by atoms with Crippen LogP contribution in [0.3, 0.4) is 0 Å². The molecular weight excluding hydrogens is 364 g/mol. The number of nitrogens with one attached hydrogen (secondary N) is 1. The Morgan fingerprint density at radius 2 is 1.69 bits per heavy atom. The summed E-state index contributed by atoms with van der Waals surface area (Å²) in [5.74, 6) is 1.41. The van der Waals surface area contributed by atoms with Gasteiger partial charge >= 0.3 is 0 Å². The molecule has 5 rings (SSSR count). The minimum atomic E-state index is 0.567. The number of hydrogen-bond donors (Lipinski definition) is 1. The molecule has 0 spiro atoms. The summed E-state index contributed by atoms with van der Waals surface area (Å²) in [7, 11) is 0. The monoisotopic (exact) mass is 382 g/mol. The zero-order chi connectivity index (χ0) is 19.5. The summed E-state index contributed by atoms with van der Waals surface area (Å²) in [5.41, 5.74) is 4.24. The second kappa shape index (κ2) is 7.51. The van der Waals surface area contributed by atoms with E-state index in [2.05, 4.69) is 54.7 Å². The van der Waals surface area contributed by atoms with Crippen LogP contribution in [0.25, 0.3) is 17.0 Å². The van der Waals surface area contributed by atoms with Crippen molar-refractivity contribution in [2.45, 2.75) is 13.1 Å².